The van der Waals surface area contributed by atoms with Crippen LogP contribution >= 0.6 is 0 Å². The standard InChI is InChI=1S/C125H111N3O/c1-79-69-80(2)128-68-67-124(12,13)107(120(79)128)48-34-31-45-97-72-91(92(77-126)78-127)73-98(129-97)70-82-51-64-101-104(71-82)113(85-39-25-18-26-40-85)117-108(83-35-21-16-22-36-83)99-46-32-33-47-100(99)110(116(117)109(101)84-37-23-17-24-38-84)88-52-49-81(50-53-88)76-125(14,15)94-60-56-90(57-61-94)112-103-66-63-96(123(9,10)11)75-106(103)114(86-41-27-19-28-42-86)118-111(89-54-58-93(59-55-89)121(3,4)5)102-65-62-95(122(6,7)8)74-105(102)115(119(112)118)87-43-29-20-30-44-87/h16-66,71-75,80H,1,67-70,76H2,2-15H3/b45-31+,48-34+. The summed E-state index contributed by atoms with van der Waals surface area (Å²) < 4.78 is 6.87. The van der Waals surface area contributed by atoms with Gasteiger partial charge in [-0.15, -0.1) is 0 Å². The predicted octanol–water partition coefficient (Wildman–Crippen LogP) is 33.5. The van der Waals surface area contributed by atoms with Crippen LogP contribution in [0.4, 0.5) is 0 Å². The minimum atomic E-state index is -0.301. The van der Waals surface area contributed by atoms with Crippen molar-refractivity contribution >= 4 is 64.6 Å². The Hall–Kier alpha value is -14.2. The summed E-state index contributed by atoms with van der Waals surface area (Å²) in [6.45, 7) is 38.3. The first-order valence-electron chi connectivity index (χ1n) is 45.9. The van der Waals surface area contributed by atoms with Gasteiger partial charge < -0.3 is 9.64 Å². The van der Waals surface area contributed by atoms with Crippen LogP contribution in [0.3, 0.4) is 0 Å². The normalized spacial score (nSPS) is 15.0. The van der Waals surface area contributed by atoms with E-state index in [0.717, 1.165) is 91.9 Å². The Balaban J connectivity index is 0.755. The summed E-state index contributed by atoms with van der Waals surface area (Å²) in [5.41, 5.74) is 30.0. The molecule has 0 spiro atoms. The molecule has 19 rings (SSSR count). The maximum atomic E-state index is 10.4. The van der Waals surface area contributed by atoms with Crippen LogP contribution in [0.25, 0.3) is 154 Å². The molecular formula is C125H111N3O. The van der Waals surface area contributed by atoms with E-state index in [2.05, 4.69) is 436 Å². The molecule has 0 N–H and O–H groups in total. The highest BCUT2D eigenvalue weighted by Crippen LogP contribution is 2.58. The lowest BCUT2D eigenvalue weighted by Crippen LogP contribution is -2.36. The van der Waals surface area contributed by atoms with Gasteiger partial charge in [0.05, 0.1) is 0 Å². The summed E-state index contributed by atoms with van der Waals surface area (Å²) in [7, 11) is 0. The number of fused-ring (bicyclic) bond motifs is 7. The van der Waals surface area contributed by atoms with Gasteiger partial charge in [0.1, 0.15) is 29.2 Å². The maximum Gasteiger partial charge on any atom is 0.137 e. The van der Waals surface area contributed by atoms with Gasteiger partial charge >= 0.3 is 0 Å². The van der Waals surface area contributed by atoms with Gasteiger partial charge in [0, 0.05) is 30.3 Å². The molecule has 0 amide bonds. The summed E-state index contributed by atoms with van der Waals surface area (Å²) in [5.74, 6) is 1.17. The number of benzene rings is 16. The molecule has 0 aliphatic carbocycles. The van der Waals surface area contributed by atoms with Crippen LogP contribution in [0.15, 0.2) is 386 Å². The second-order valence-corrected chi connectivity index (χ2v) is 40.4. The lowest BCUT2D eigenvalue weighted by Gasteiger charge is -2.40. The van der Waals surface area contributed by atoms with Crippen LogP contribution in [0.2, 0.25) is 0 Å². The average molecular weight is 1670 g/mol. The Kier molecular flexibility index (Phi) is 21.7. The second kappa shape index (κ2) is 33.2. The molecule has 1 atom stereocenters. The molecular weight excluding hydrogens is 1560 g/mol. The van der Waals surface area contributed by atoms with Crippen molar-refractivity contribution in [3.63, 3.8) is 0 Å². The first-order valence-corrected chi connectivity index (χ1v) is 45.9. The Labute approximate surface area is 762 Å². The largest absolute Gasteiger partial charge is 0.461 e. The van der Waals surface area contributed by atoms with Gasteiger partial charge in [-0.2, -0.15) is 10.5 Å². The third-order valence-electron chi connectivity index (χ3n) is 27.7. The van der Waals surface area contributed by atoms with Crippen LogP contribution in [0.5, 0.6) is 0 Å². The van der Waals surface area contributed by atoms with E-state index < -0.39 is 0 Å². The summed E-state index contributed by atoms with van der Waals surface area (Å²) >= 11 is 0. The van der Waals surface area contributed by atoms with E-state index in [1.54, 1.807) is 6.08 Å². The fraction of sp³-hybridized carbons (Fsp3) is 0.200. The smallest absolute Gasteiger partial charge is 0.137 e. The summed E-state index contributed by atoms with van der Waals surface area (Å²) in [6, 6.07) is 120. The Morgan fingerprint density at radius 2 is 0.736 bits per heavy atom. The SMILES string of the molecule is C=C1CC(C)N2CCC(C)(C)C(/C=C/C=C/C3=CC(=C(C#N)C#N)C=C(Cc4ccc5c(-c6ccccc6)c6c(-c7ccc(CC(C)(C)c8ccc(-c9c%10ccc(C(C)(C)C)cc%10c(-c%10ccccc%10)c%10c(-c%11ccc(C(C)(C)C)cc%11)c%11ccc(C(C)(C)C)cc%11c(-c%11ccccc%11)c9%10)cc8)cc7)c7ccccc7c(-c7ccccc7)c6c(-c6ccccc6)c5c4)O3)=C12. The van der Waals surface area contributed by atoms with Crippen LogP contribution < -0.4 is 0 Å². The first-order chi connectivity index (χ1) is 62.1. The molecule has 1 saturated heterocycles. The molecule has 4 heteroatoms. The molecule has 632 valence electrons. The Morgan fingerprint density at radius 1 is 0.395 bits per heavy atom. The zero-order chi connectivity index (χ0) is 89.6. The van der Waals surface area contributed by atoms with Crippen molar-refractivity contribution in [1.29, 1.82) is 10.5 Å². The number of nitrogens with zero attached hydrogens (tertiary/aromatic N) is 3. The molecule has 4 nitrogen and oxygen atoms in total. The molecule has 16 aromatic rings. The summed E-state index contributed by atoms with van der Waals surface area (Å²) in [6.07, 6.45) is 15.1. The second-order valence-electron chi connectivity index (χ2n) is 40.4. The minimum absolute atomic E-state index is 0.0212. The number of nitriles is 2. The predicted molar refractivity (Wildman–Crippen MR) is 547 cm³/mol. The molecule has 129 heavy (non-hydrogen) atoms. The van der Waals surface area contributed by atoms with Crippen molar-refractivity contribution in [3.8, 4) is 101 Å². The van der Waals surface area contributed by atoms with Crippen molar-refractivity contribution in [2.75, 3.05) is 6.54 Å². The fourth-order valence-electron chi connectivity index (χ4n) is 20.9. The van der Waals surface area contributed by atoms with E-state index in [1.165, 1.54) is 138 Å². The minimum Gasteiger partial charge on any atom is -0.461 e. The zero-order valence-corrected chi connectivity index (χ0v) is 76.9. The zero-order valence-electron chi connectivity index (χ0n) is 76.9. The highest BCUT2D eigenvalue weighted by molar-refractivity contribution is 6.36. The molecule has 0 aromatic heterocycles. The molecule has 1 fully saturated rings. The fourth-order valence-corrected chi connectivity index (χ4v) is 20.9. The van der Waals surface area contributed by atoms with E-state index in [1.807, 2.05) is 18.2 Å². The topological polar surface area (TPSA) is 60.0 Å². The first kappa shape index (κ1) is 84.3. The summed E-state index contributed by atoms with van der Waals surface area (Å²) in [5, 5.41) is 35.2. The van der Waals surface area contributed by atoms with Crippen molar-refractivity contribution in [2.45, 2.75) is 150 Å². The third-order valence-corrected chi connectivity index (χ3v) is 27.7. The number of hydrogen-bond donors (Lipinski definition) is 0. The van der Waals surface area contributed by atoms with E-state index >= 15 is 0 Å². The van der Waals surface area contributed by atoms with Gasteiger partial charge in [0.15, 0.2) is 0 Å². The average Bonchev–Trinajstić information content (AvgIpc) is 1.45. The highest BCUT2D eigenvalue weighted by Gasteiger charge is 2.40. The van der Waals surface area contributed by atoms with Gasteiger partial charge in [0.2, 0.25) is 0 Å². The Morgan fingerprint density at radius 3 is 1.15 bits per heavy atom. The van der Waals surface area contributed by atoms with Crippen LogP contribution in [0, 0.1) is 28.1 Å². The molecule has 1 unspecified atom stereocenters. The molecule has 3 heterocycles. The number of rotatable bonds is 16. The summed E-state index contributed by atoms with van der Waals surface area (Å²) in [4.78, 5) is 2.52. The Bertz CT molecular complexity index is 7470. The van der Waals surface area contributed by atoms with Gasteiger partial charge in [-0.3, -0.25) is 0 Å². The lowest BCUT2D eigenvalue weighted by atomic mass is 9.74. The maximum absolute atomic E-state index is 10.4. The number of allylic oxidation sites excluding steroid dienone is 11. The van der Waals surface area contributed by atoms with Crippen molar-refractivity contribution in [3.05, 3.63) is 419 Å². The quantitative estimate of drug-likeness (QED) is 0.0549. The van der Waals surface area contributed by atoms with E-state index in [-0.39, 0.29) is 32.6 Å². The van der Waals surface area contributed by atoms with Crippen LogP contribution in [-0.2, 0) is 39.2 Å². The highest BCUT2D eigenvalue weighted by atomic mass is 16.5. The van der Waals surface area contributed by atoms with E-state index in [9.17, 15) is 10.5 Å². The molecule has 0 bridgehead atoms. The monoisotopic (exact) mass is 1670 g/mol. The molecule has 0 radical (unpaired) electrons. The molecule has 3 aliphatic heterocycles. The number of ether oxygens (including phenoxy) is 1. The van der Waals surface area contributed by atoms with Gasteiger partial charge in [-0.05, 0) is 282 Å². The van der Waals surface area contributed by atoms with Crippen molar-refractivity contribution < 1.29 is 4.74 Å². The molecule has 16 aromatic carbocycles. The van der Waals surface area contributed by atoms with Crippen LogP contribution in [0.1, 0.15) is 143 Å². The third kappa shape index (κ3) is 15.6. The van der Waals surface area contributed by atoms with Crippen LogP contribution in [-0.4, -0.2) is 17.5 Å². The van der Waals surface area contributed by atoms with Gasteiger partial charge in [0.25, 0.3) is 0 Å². The van der Waals surface area contributed by atoms with Gasteiger partial charge in [-0.1, -0.05) is 406 Å². The molecule has 0 saturated carbocycles. The van der Waals surface area contributed by atoms with Crippen molar-refractivity contribution in [2.24, 2.45) is 5.41 Å². The van der Waals surface area contributed by atoms with E-state index in [4.69, 9.17) is 4.74 Å². The number of hydrogen-bond acceptors (Lipinski definition) is 4. The molecule has 3 aliphatic rings. The van der Waals surface area contributed by atoms with E-state index in [0.29, 0.717) is 29.6 Å². The van der Waals surface area contributed by atoms with Gasteiger partial charge in [-0.25, -0.2) is 0 Å². The van der Waals surface area contributed by atoms with Crippen molar-refractivity contribution in [1.82, 2.24) is 4.90 Å². The lowest BCUT2D eigenvalue weighted by molar-refractivity contribution is 0.230.